The van der Waals surface area contributed by atoms with Gasteiger partial charge in [0.05, 0.1) is 16.6 Å². The molecule has 0 N–H and O–H groups in total. The van der Waals surface area contributed by atoms with Crippen LogP contribution in [0.1, 0.15) is 41.6 Å². The van der Waals surface area contributed by atoms with E-state index in [-0.39, 0.29) is 0 Å². The highest BCUT2D eigenvalue weighted by Crippen LogP contribution is 2.39. The molecule has 1 aliphatic carbocycles. The maximum Gasteiger partial charge on any atom is 0.0541 e. The van der Waals surface area contributed by atoms with Crippen molar-refractivity contribution in [1.82, 2.24) is 9.13 Å². The molecule has 0 amide bonds. The van der Waals surface area contributed by atoms with Gasteiger partial charge in [0.1, 0.15) is 0 Å². The largest absolute Gasteiger partial charge is 0.313 e. The molecule has 5 aromatic carbocycles. The van der Waals surface area contributed by atoms with Gasteiger partial charge in [0.2, 0.25) is 0 Å². The van der Waals surface area contributed by atoms with Crippen LogP contribution in [0.4, 0.5) is 0 Å². The van der Waals surface area contributed by atoms with E-state index in [1.807, 2.05) is 0 Å². The third kappa shape index (κ3) is 3.87. The lowest BCUT2D eigenvalue weighted by molar-refractivity contribution is 0.723. The van der Waals surface area contributed by atoms with E-state index in [1.54, 1.807) is 0 Å². The van der Waals surface area contributed by atoms with Gasteiger partial charge in [-0.25, -0.2) is 0 Å². The van der Waals surface area contributed by atoms with Gasteiger partial charge in [0.25, 0.3) is 0 Å². The molecule has 2 nitrogen and oxygen atoms in total. The summed E-state index contributed by atoms with van der Waals surface area (Å²) in [5.41, 5.74) is 11.3. The fraction of sp³-hybridized carbons (Fsp3) is 0.0769. The summed E-state index contributed by atoms with van der Waals surface area (Å²) >= 11 is 0. The first-order valence-corrected chi connectivity index (χ1v) is 14.4. The molecule has 196 valence electrons. The first-order chi connectivity index (χ1) is 20.3. The Bertz CT molecular complexity index is 2060. The summed E-state index contributed by atoms with van der Waals surface area (Å²) in [6.07, 6.45) is 10.1. The van der Waals surface area contributed by atoms with Gasteiger partial charge in [-0.2, -0.15) is 0 Å². The number of aromatic nitrogens is 2. The predicted molar refractivity (Wildman–Crippen MR) is 175 cm³/mol. The number of rotatable bonds is 4. The van der Waals surface area contributed by atoms with Gasteiger partial charge in [-0.1, -0.05) is 110 Å². The summed E-state index contributed by atoms with van der Waals surface area (Å²) in [7, 11) is 0. The van der Waals surface area contributed by atoms with Gasteiger partial charge < -0.3 is 9.13 Å². The number of benzene rings is 5. The maximum absolute atomic E-state index is 2.46. The molecule has 41 heavy (non-hydrogen) atoms. The Kier molecular flexibility index (Phi) is 5.53. The number of fused-ring (bicyclic) bond motifs is 6. The first-order valence-electron chi connectivity index (χ1n) is 14.4. The third-order valence-corrected chi connectivity index (χ3v) is 8.54. The molecule has 2 heterocycles. The zero-order valence-corrected chi connectivity index (χ0v) is 23.0. The lowest BCUT2D eigenvalue weighted by Crippen LogP contribution is -2.06. The number of nitrogens with zero attached hydrogens (tertiary/aromatic N) is 2. The van der Waals surface area contributed by atoms with E-state index in [2.05, 4.69) is 162 Å². The van der Waals surface area contributed by atoms with Crippen LogP contribution < -0.4 is 0 Å². The maximum atomic E-state index is 2.46. The molecule has 0 saturated carbocycles. The summed E-state index contributed by atoms with van der Waals surface area (Å²) in [5, 5.41) is 3.91. The van der Waals surface area contributed by atoms with Crippen molar-refractivity contribution in [3.63, 3.8) is 0 Å². The molecular weight excluding hydrogens is 496 g/mol. The zero-order chi connectivity index (χ0) is 27.3. The van der Waals surface area contributed by atoms with E-state index >= 15 is 0 Å². The summed E-state index contributed by atoms with van der Waals surface area (Å²) in [5.74, 6) is 0.493. The monoisotopic (exact) mass is 526 g/mol. The number of hydrogen-bond donors (Lipinski definition) is 0. The predicted octanol–water partition coefficient (Wildman–Crippen LogP) is 10.4. The SMILES string of the molecule is CC1CC=Cc2c1n(-c1ccc(/C=C/c3ccc(-n4c5ccccc5c5ccccc54)cc3)cc1)c1ccccc21. The molecule has 0 fully saturated rings. The highest BCUT2D eigenvalue weighted by molar-refractivity contribution is 6.09. The van der Waals surface area contributed by atoms with E-state index in [9.17, 15) is 0 Å². The van der Waals surface area contributed by atoms with Gasteiger partial charge in [-0.3, -0.25) is 0 Å². The minimum Gasteiger partial charge on any atom is -0.313 e. The summed E-state index contributed by atoms with van der Waals surface area (Å²) in [6, 6.07) is 43.9. The van der Waals surface area contributed by atoms with E-state index in [0.717, 1.165) is 6.42 Å². The van der Waals surface area contributed by atoms with Crippen LogP contribution in [0.5, 0.6) is 0 Å². The zero-order valence-electron chi connectivity index (χ0n) is 23.0. The molecule has 0 aliphatic heterocycles. The van der Waals surface area contributed by atoms with E-state index < -0.39 is 0 Å². The van der Waals surface area contributed by atoms with Crippen molar-refractivity contribution in [3.8, 4) is 11.4 Å². The molecule has 0 saturated heterocycles. The van der Waals surface area contributed by atoms with Gasteiger partial charge in [0, 0.05) is 44.7 Å². The van der Waals surface area contributed by atoms with Crippen molar-refractivity contribution in [1.29, 1.82) is 0 Å². The minimum absolute atomic E-state index is 0.493. The summed E-state index contributed by atoms with van der Waals surface area (Å²) in [4.78, 5) is 0. The van der Waals surface area contributed by atoms with Crippen LogP contribution >= 0.6 is 0 Å². The fourth-order valence-corrected chi connectivity index (χ4v) is 6.59. The highest BCUT2D eigenvalue weighted by atomic mass is 15.0. The van der Waals surface area contributed by atoms with Crippen molar-refractivity contribution in [3.05, 3.63) is 150 Å². The molecule has 8 rings (SSSR count). The Labute approximate surface area is 240 Å². The van der Waals surface area contributed by atoms with E-state index in [0.29, 0.717) is 5.92 Å². The molecule has 0 radical (unpaired) electrons. The molecule has 1 unspecified atom stereocenters. The van der Waals surface area contributed by atoms with Crippen LogP contribution in [0.25, 0.3) is 62.3 Å². The average Bonchev–Trinajstić information content (AvgIpc) is 3.55. The van der Waals surface area contributed by atoms with Crippen molar-refractivity contribution in [2.24, 2.45) is 0 Å². The van der Waals surface area contributed by atoms with Crippen LogP contribution in [-0.4, -0.2) is 9.13 Å². The molecule has 2 heteroatoms. The topological polar surface area (TPSA) is 9.86 Å². The Balaban J connectivity index is 1.10. The second kappa shape index (κ2) is 9.53. The third-order valence-electron chi connectivity index (χ3n) is 8.54. The first kappa shape index (κ1) is 23.8. The van der Waals surface area contributed by atoms with Gasteiger partial charge >= 0.3 is 0 Å². The van der Waals surface area contributed by atoms with Crippen molar-refractivity contribution < 1.29 is 0 Å². The van der Waals surface area contributed by atoms with Crippen LogP contribution in [0.3, 0.4) is 0 Å². The second-order valence-corrected chi connectivity index (χ2v) is 11.1. The Morgan fingerprint density at radius 3 is 1.56 bits per heavy atom. The number of para-hydroxylation sites is 3. The second-order valence-electron chi connectivity index (χ2n) is 11.1. The quantitative estimate of drug-likeness (QED) is 0.202. The minimum atomic E-state index is 0.493. The Morgan fingerprint density at radius 2 is 1.00 bits per heavy atom. The molecular formula is C39H30N2. The standard InChI is InChI=1S/C39H30N2/c1-27-9-8-13-35-34-12-4-7-16-38(34)41(39(27)35)31-25-21-29(22-26-31)18-17-28-19-23-30(24-20-28)40-36-14-5-2-10-32(36)33-11-3-6-15-37(33)40/h2-8,10-27H,9H2,1H3/b18-17+. The summed E-state index contributed by atoms with van der Waals surface area (Å²) < 4.78 is 4.82. The van der Waals surface area contributed by atoms with Gasteiger partial charge in [-0.15, -0.1) is 0 Å². The molecule has 2 aromatic heterocycles. The van der Waals surface area contributed by atoms with Crippen LogP contribution in [0, 0.1) is 0 Å². The average molecular weight is 527 g/mol. The molecule has 0 spiro atoms. The number of hydrogen-bond acceptors (Lipinski definition) is 0. The van der Waals surface area contributed by atoms with Crippen LogP contribution in [0.15, 0.2) is 127 Å². The smallest absolute Gasteiger partial charge is 0.0541 e. The van der Waals surface area contributed by atoms with Gasteiger partial charge in [-0.05, 0) is 60.0 Å². The molecule has 1 atom stereocenters. The Morgan fingerprint density at radius 1 is 0.537 bits per heavy atom. The molecule has 7 aromatic rings. The molecule has 0 bridgehead atoms. The van der Waals surface area contributed by atoms with Crippen LogP contribution in [0.2, 0.25) is 0 Å². The normalized spacial score (nSPS) is 14.9. The van der Waals surface area contributed by atoms with Crippen molar-refractivity contribution in [2.45, 2.75) is 19.3 Å². The van der Waals surface area contributed by atoms with Crippen molar-refractivity contribution in [2.75, 3.05) is 0 Å². The van der Waals surface area contributed by atoms with E-state index in [1.165, 1.54) is 66.5 Å². The van der Waals surface area contributed by atoms with Gasteiger partial charge in [0.15, 0.2) is 0 Å². The Hall–Kier alpha value is -5.08. The van der Waals surface area contributed by atoms with E-state index in [4.69, 9.17) is 0 Å². The lowest BCUT2D eigenvalue weighted by atomic mass is 9.93. The van der Waals surface area contributed by atoms with Crippen molar-refractivity contribution >= 4 is 50.9 Å². The fourth-order valence-electron chi connectivity index (χ4n) is 6.59. The summed E-state index contributed by atoms with van der Waals surface area (Å²) in [6.45, 7) is 2.33. The lowest BCUT2D eigenvalue weighted by Gasteiger charge is -2.19. The van der Waals surface area contributed by atoms with Crippen LogP contribution in [-0.2, 0) is 0 Å². The number of allylic oxidation sites excluding steroid dienone is 1. The molecule has 1 aliphatic rings. The highest BCUT2D eigenvalue weighted by Gasteiger charge is 2.22.